The van der Waals surface area contributed by atoms with E-state index in [1.165, 1.54) is 12.0 Å². The first-order valence-corrected chi connectivity index (χ1v) is 7.91. The van der Waals surface area contributed by atoms with Gasteiger partial charge in [0.15, 0.2) is 0 Å². The number of carbonyl (C=O) groups excluding carboxylic acids is 1. The van der Waals surface area contributed by atoms with Gasteiger partial charge in [0.25, 0.3) is 0 Å². The third-order valence-corrected chi connectivity index (χ3v) is 4.43. The topological polar surface area (TPSA) is 55.1 Å². The van der Waals surface area contributed by atoms with Crippen LogP contribution in [0, 0.1) is 0 Å². The van der Waals surface area contributed by atoms with Crippen LogP contribution in [0.3, 0.4) is 0 Å². The van der Waals surface area contributed by atoms with Crippen LogP contribution in [-0.2, 0) is 11.2 Å². The quantitative estimate of drug-likeness (QED) is 0.840. The van der Waals surface area contributed by atoms with E-state index in [1.54, 1.807) is 0 Å². The van der Waals surface area contributed by atoms with Crippen molar-refractivity contribution in [2.75, 3.05) is 5.73 Å². The first-order chi connectivity index (χ1) is 10.7. The van der Waals surface area contributed by atoms with Gasteiger partial charge in [0.2, 0.25) is 5.91 Å². The lowest BCUT2D eigenvalue weighted by Crippen LogP contribution is -2.37. The van der Waals surface area contributed by atoms with Gasteiger partial charge in [-0.05, 0) is 36.1 Å². The van der Waals surface area contributed by atoms with E-state index in [0.29, 0.717) is 12.3 Å². The molecule has 3 N–H and O–H groups in total. The minimum absolute atomic E-state index is 0. The summed E-state index contributed by atoms with van der Waals surface area (Å²) in [7, 11) is 0. The zero-order valence-electron chi connectivity index (χ0n) is 13.1. The molecule has 1 saturated carbocycles. The molecule has 4 heteroatoms. The molecule has 0 saturated heterocycles. The summed E-state index contributed by atoms with van der Waals surface area (Å²) >= 11 is 0. The van der Waals surface area contributed by atoms with Crippen LogP contribution < -0.4 is 11.1 Å². The largest absolute Gasteiger partial charge is 0.399 e. The fraction of sp³-hybridized carbons (Fsp3) is 0.316. The van der Waals surface area contributed by atoms with Crippen molar-refractivity contribution >= 4 is 24.0 Å². The third kappa shape index (κ3) is 4.49. The second-order valence-electron chi connectivity index (χ2n) is 6.04. The predicted octanol–water partition coefficient (Wildman–Crippen LogP) is 3.69. The van der Waals surface area contributed by atoms with E-state index in [-0.39, 0.29) is 24.4 Å². The molecule has 3 nitrogen and oxygen atoms in total. The van der Waals surface area contributed by atoms with Gasteiger partial charge >= 0.3 is 0 Å². The Hall–Kier alpha value is -2.00. The highest BCUT2D eigenvalue weighted by Gasteiger charge is 2.29. The molecule has 0 heterocycles. The first kappa shape index (κ1) is 17.4. The lowest BCUT2D eigenvalue weighted by molar-refractivity contribution is -0.121. The zero-order chi connectivity index (χ0) is 15.4. The van der Waals surface area contributed by atoms with Crippen molar-refractivity contribution in [3.63, 3.8) is 0 Å². The average molecular weight is 331 g/mol. The number of anilines is 1. The third-order valence-electron chi connectivity index (χ3n) is 4.43. The van der Waals surface area contributed by atoms with Gasteiger partial charge in [0.05, 0.1) is 6.42 Å². The number of carbonyl (C=O) groups is 1. The van der Waals surface area contributed by atoms with Gasteiger partial charge in [-0.15, -0.1) is 12.4 Å². The van der Waals surface area contributed by atoms with E-state index in [4.69, 9.17) is 5.73 Å². The van der Waals surface area contributed by atoms with Crippen LogP contribution in [0.25, 0.3) is 0 Å². The molecule has 0 bridgehead atoms. The maximum Gasteiger partial charge on any atom is 0.224 e. The number of benzene rings is 2. The van der Waals surface area contributed by atoms with Crippen molar-refractivity contribution in [2.45, 2.75) is 37.6 Å². The van der Waals surface area contributed by atoms with E-state index >= 15 is 0 Å². The molecule has 0 spiro atoms. The molecule has 1 amide bonds. The van der Waals surface area contributed by atoms with E-state index in [0.717, 1.165) is 24.1 Å². The Morgan fingerprint density at radius 1 is 1.04 bits per heavy atom. The van der Waals surface area contributed by atoms with Crippen molar-refractivity contribution in [1.29, 1.82) is 0 Å². The Morgan fingerprint density at radius 2 is 1.74 bits per heavy atom. The van der Waals surface area contributed by atoms with Crippen LogP contribution in [0.4, 0.5) is 5.69 Å². The molecular formula is C19H23ClN2O. The molecule has 1 aliphatic carbocycles. The lowest BCUT2D eigenvalue weighted by atomic mass is 9.94. The number of nitrogens with two attached hydrogens (primary N) is 1. The van der Waals surface area contributed by atoms with E-state index in [1.807, 2.05) is 30.3 Å². The predicted molar refractivity (Wildman–Crippen MR) is 96.8 cm³/mol. The Labute approximate surface area is 143 Å². The average Bonchev–Trinajstić information content (AvgIpc) is 2.98. The summed E-state index contributed by atoms with van der Waals surface area (Å²) in [6.07, 6.45) is 3.80. The molecule has 0 aromatic heterocycles. The molecule has 1 aliphatic rings. The monoisotopic (exact) mass is 330 g/mol. The minimum atomic E-state index is 0. The Bertz CT molecular complexity index is 628. The first-order valence-electron chi connectivity index (χ1n) is 7.91. The lowest BCUT2D eigenvalue weighted by Gasteiger charge is -2.21. The highest BCUT2D eigenvalue weighted by Crippen LogP contribution is 2.34. The van der Waals surface area contributed by atoms with Gasteiger partial charge in [-0.3, -0.25) is 4.79 Å². The molecule has 2 atom stereocenters. The SMILES string of the molecule is Cl.Nc1ccc(CC(=O)NC2CCCC2c2ccccc2)cc1. The molecule has 3 rings (SSSR count). The van der Waals surface area contributed by atoms with Gasteiger partial charge in [0, 0.05) is 17.6 Å². The number of halogens is 1. The van der Waals surface area contributed by atoms with Gasteiger partial charge < -0.3 is 11.1 Å². The fourth-order valence-corrected chi connectivity index (χ4v) is 3.31. The zero-order valence-corrected chi connectivity index (χ0v) is 13.9. The second kappa shape index (κ2) is 8.02. The number of nitrogen functional groups attached to an aromatic ring is 1. The molecular weight excluding hydrogens is 308 g/mol. The van der Waals surface area contributed by atoms with Crippen molar-refractivity contribution < 1.29 is 4.79 Å². The molecule has 0 aliphatic heterocycles. The second-order valence-corrected chi connectivity index (χ2v) is 6.04. The van der Waals surface area contributed by atoms with Crippen LogP contribution in [0.2, 0.25) is 0 Å². The summed E-state index contributed by atoms with van der Waals surface area (Å²) in [6.45, 7) is 0. The van der Waals surface area contributed by atoms with Crippen LogP contribution in [0.5, 0.6) is 0 Å². The van der Waals surface area contributed by atoms with Crippen molar-refractivity contribution in [3.8, 4) is 0 Å². The highest BCUT2D eigenvalue weighted by atomic mass is 35.5. The van der Waals surface area contributed by atoms with E-state index in [9.17, 15) is 4.79 Å². The van der Waals surface area contributed by atoms with Gasteiger partial charge in [-0.2, -0.15) is 0 Å². The summed E-state index contributed by atoms with van der Waals surface area (Å²) < 4.78 is 0. The number of nitrogens with one attached hydrogen (secondary N) is 1. The number of hydrogen-bond donors (Lipinski definition) is 2. The number of amides is 1. The van der Waals surface area contributed by atoms with Crippen LogP contribution in [0.15, 0.2) is 54.6 Å². The highest BCUT2D eigenvalue weighted by molar-refractivity contribution is 5.85. The summed E-state index contributed by atoms with van der Waals surface area (Å²) in [5.74, 6) is 0.536. The summed E-state index contributed by atoms with van der Waals surface area (Å²) in [5, 5.41) is 3.22. The van der Waals surface area contributed by atoms with Crippen molar-refractivity contribution in [2.24, 2.45) is 0 Å². The van der Waals surface area contributed by atoms with E-state index in [2.05, 4.69) is 29.6 Å². The van der Waals surface area contributed by atoms with Gasteiger partial charge in [-0.25, -0.2) is 0 Å². The summed E-state index contributed by atoms with van der Waals surface area (Å²) in [4.78, 5) is 12.3. The van der Waals surface area contributed by atoms with Gasteiger partial charge in [-0.1, -0.05) is 48.9 Å². The maximum absolute atomic E-state index is 12.3. The smallest absolute Gasteiger partial charge is 0.224 e. The Morgan fingerprint density at radius 3 is 2.43 bits per heavy atom. The number of hydrogen-bond acceptors (Lipinski definition) is 2. The molecule has 0 radical (unpaired) electrons. The normalized spacial score (nSPS) is 19.8. The van der Waals surface area contributed by atoms with Crippen molar-refractivity contribution in [1.82, 2.24) is 5.32 Å². The molecule has 122 valence electrons. The van der Waals surface area contributed by atoms with Crippen molar-refractivity contribution in [3.05, 3.63) is 65.7 Å². The summed E-state index contributed by atoms with van der Waals surface area (Å²) in [5.41, 5.74) is 8.73. The maximum atomic E-state index is 12.3. The fourth-order valence-electron chi connectivity index (χ4n) is 3.31. The molecule has 23 heavy (non-hydrogen) atoms. The van der Waals surface area contributed by atoms with Crippen LogP contribution in [-0.4, -0.2) is 11.9 Å². The Balaban J connectivity index is 0.00000192. The van der Waals surface area contributed by atoms with E-state index < -0.39 is 0 Å². The molecule has 2 aromatic rings. The summed E-state index contributed by atoms with van der Waals surface area (Å²) in [6, 6.07) is 18.3. The minimum Gasteiger partial charge on any atom is -0.399 e. The van der Waals surface area contributed by atoms with Crippen LogP contribution in [0.1, 0.15) is 36.3 Å². The molecule has 2 unspecified atom stereocenters. The molecule has 1 fully saturated rings. The Kier molecular flexibility index (Phi) is 6.05. The standard InChI is InChI=1S/C19H22N2O.ClH/c20-16-11-9-14(10-12-16)13-19(22)21-18-8-4-7-17(18)15-5-2-1-3-6-15;/h1-3,5-6,9-12,17-18H,4,7-8,13,20H2,(H,21,22);1H. The van der Waals surface area contributed by atoms with Gasteiger partial charge in [0.1, 0.15) is 0 Å². The molecule has 2 aromatic carbocycles. The number of rotatable bonds is 4. The van der Waals surface area contributed by atoms with Crippen LogP contribution >= 0.6 is 12.4 Å².